The molecule has 5 heteroatoms. The number of nitro groups is 1. The van der Waals surface area contributed by atoms with Gasteiger partial charge in [-0.25, -0.2) is 0 Å². The second kappa shape index (κ2) is 6.37. The van der Waals surface area contributed by atoms with Gasteiger partial charge in [0.15, 0.2) is 0 Å². The van der Waals surface area contributed by atoms with Crippen LogP contribution in [0.15, 0.2) is 18.2 Å². The Bertz CT molecular complexity index is 459. The summed E-state index contributed by atoms with van der Waals surface area (Å²) in [6.07, 6.45) is 6.00. The number of hydrogen-bond donors (Lipinski definition) is 0. The van der Waals surface area contributed by atoms with Gasteiger partial charge in [-0.15, -0.1) is 0 Å². The van der Waals surface area contributed by atoms with E-state index in [1.165, 1.54) is 19.3 Å². The quantitative estimate of drug-likeness (QED) is 0.472. The van der Waals surface area contributed by atoms with Gasteiger partial charge in [-0.05, 0) is 24.5 Å². The smallest absolute Gasteiger partial charge is 0.292 e. The van der Waals surface area contributed by atoms with Crippen molar-refractivity contribution in [3.05, 3.63) is 33.9 Å². The first-order valence-electron chi connectivity index (χ1n) is 6.69. The fourth-order valence-corrected chi connectivity index (χ4v) is 3.11. The van der Waals surface area contributed by atoms with Crippen molar-refractivity contribution in [3.8, 4) is 0 Å². The number of alkyl halides is 1. The van der Waals surface area contributed by atoms with Gasteiger partial charge in [0.1, 0.15) is 5.69 Å². The topological polar surface area (TPSA) is 46.4 Å². The Kier molecular flexibility index (Phi) is 4.80. The van der Waals surface area contributed by atoms with Crippen molar-refractivity contribution in [1.82, 2.24) is 0 Å². The van der Waals surface area contributed by atoms with Crippen molar-refractivity contribution in [3.63, 3.8) is 0 Å². The Morgan fingerprint density at radius 1 is 1.37 bits per heavy atom. The second-order valence-electron chi connectivity index (χ2n) is 5.12. The minimum Gasteiger partial charge on any atom is -0.366 e. The van der Waals surface area contributed by atoms with Crippen molar-refractivity contribution < 1.29 is 4.92 Å². The monoisotopic (exact) mass is 326 g/mol. The highest BCUT2D eigenvalue weighted by molar-refractivity contribution is 9.08. The van der Waals surface area contributed by atoms with Crippen molar-refractivity contribution in [2.45, 2.75) is 43.5 Å². The fraction of sp³-hybridized carbons (Fsp3) is 0.571. The number of hydrogen-bond acceptors (Lipinski definition) is 3. The maximum absolute atomic E-state index is 11.2. The molecule has 0 spiro atoms. The summed E-state index contributed by atoms with van der Waals surface area (Å²) in [5.74, 6) is 0. The molecule has 4 nitrogen and oxygen atoms in total. The number of rotatable bonds is 4. The molecule has 0 saturated heterocycles. The Morgan fingerprint density at radius 2 is 2.05 bits per heavy atom. The summed E-state index contributed by atoms with van der Waals surface area (Å²) in [5.41, 5.74) is 1.89. The third-order valence-electron chi connectivity index (χ3n) is 3.89. The van der Waals surface area contributed by atoms with Crippen LogP contribution >= 0.6 is 15.9 Å². The molecule has 0 amide bonds. The molecular formula is C14H19BrN2O2. The van der Waals surface area contributed by atoms with Crippen LogP contribution in [-0.4, -0.2) is 18.0 Å². The highest BCUT2D eigenvalue weighted by Gasteiger charge is 2.24. The van der Waals surface area contributed by atoms with Gasteiger partial charge in [-0.3, -0.25) is 10.1 Å². The number of nitrogens with zero attached hydrogens (tertiary/aromatic N) is 2. The van der Waals surface area contributed by atoms with Gasteiger partial charge in [-0.2, -0.15) is 0 Å². The van der Waals surface area contributed by atoms with Gasteiger partial charge >= 0.3 is 0 Å². The highest BCUT2D eigenvalue weighted by Crippen LogP contribution is 2.33. The molecule has 1 aliphatic rings. The highest BCUT2D eigenvalue weighted by atomic mass is 79.9. The van der Waals surface area contributed by atoms with Gasteiger partial charge in [-0.1, -0.05) is 41.3 Å². The van der Waals surface area contributed by atoms with Crippen LogP contribution in [0, 0.1) is 10.1 Å². The summed E-state index contributed by atoms with van der Waals surface area (Å²) < 4.78 is 0. The Balaban J connectivity index is 2.29. The van der Waals surface area contributed by atoms with E-state index >= 15 is 0 Å². The maximum atomic E-state index is 11.2. The lowest BCUT2D eigenvalue weighted by molar-refractivity contribution is -0.384. The third-order valence-corrected chi connectivity index (χ3v) is 4.54. The Hall–Kier alpha value is -1.10. The summed E-state index contributed by atoms with van der Waals surface area (Å²) in [5, 5.41) is 11.9. The van der Waals surface area contributed by atoms with Crippen molar-refractivity contribution in [2.75, 3.05) is 11.9 Å². The molecule has 0 unspecified atom stereocenters. The van der Waals surface area contributed by atoms with Gasteiger partial charge in [0, 0.05) is 24.5 Å². The predicted molar refractivity (Wildman–Crippen MR) is 81.0 cm³/mol. The van der Waals surface area contributed by atoms with E-state index in [9.17, 15) is 10.1 Å². The van der Waals surface area contributed by atoms with E-state index < -0.39 is 0 Å². The van der Waals surface area contributed by atoms with E-state index in [-0.39, 0.29) is 10.6 Å². The molecule has 1 aromatic carbocycles. The molecular weight excluding hydrogens is 308 g/mol. The zero-order valence-corrected chi connectivity index (χ0v) is 12.7. The van der Waals surface area contributed by atoms with Crippen LogP contribution < -0.4 is 4.90 Å². The molecule has 1 aliphatic carbocycles. The summed E-state index contributed by atoms with van der Waals surface area (Å²) in [4.78, 5) is 13.1. The van der Waals surface area contributed by atoms with E-state index in [0.29, 0.717) is 11.4 Å². The summed E-state index contributed by atoms with van der Waals surface area (Å²) in [6, 6.07) is 5.94. The number of halogens is 1. The minimum atomic E-state index is -0.277. The molecule has 1 aromatic rings. The number of anilines is 1. The first-order valence-corrected chi connectivity index (χ1v) is 7.81. The van der Waals surface area contributed by atoms with Gasteiger partial charge in [0.25, 0.3) is 5.69 Å². The minimum absolute atomic E-state index is 0.213. The Labute approximate surface area is 122 Å². The predicted octanol–water partition coefficient (Wildman–Crippen LogP) is 4.26. The normalized spacial score (nSPS) is 16.3. The largest absolute Gasteiger partial charge is 0.366 e. The summed E-state index contributed by atoms with van der Waals surface area (Å²) in [6.45, 7) is 0. The lowest BCUT2D eigenvalue weighted by Crippen LogP contribution is -2.33. The molecule has 1 fully saturated rings. The molecule has 104 valence electrons. The number of nitro benzene ring substituents is 1. The molecule has 0 aliphatic heterocycles. The average molecular weight is 327 g/mol. The molecule has 19 heavy (non-hydrogen) atoms. The average Bonchev–Trinajstić information content (AvgIpc) is 2.46. The van der Waals surface area contributed by atoms with E-state index in [0.717, 1.165) is 24.1 Å². The molecule has 2 rings (SSSR count). The van der Waals surface area contributed by atoms with E-state index in [1.54, 1.807) is 6.07 Å². The van der Waals surface area contributed by atoms with Gasteiger partial charge < -0.3 is 4.90 Å². The van der Waals surface area contributed by atoms with E-state index in [1.807, 2.05) is 19.2 Å². The zero-order chi connectivity index (χ0) is 13.8. The lowest BCUT2D eigenvalue weighted by atomic mass is 9.94. The zero-order valence-electron chi connectivity index (χ0n) is 11.1. The SMILES string of the molecule is CN(c1ccc(CBr)cc1[N+](=O)[O-])C1CCCCC1. The van der Waals surface area contributed by atoms with Crippen LogP contribution in [0.2, 0.25) is 0 Å². The molecule has 0 aromatic heterocycles. The van der Waals surface area contributed by atoms with Crippen LogP contribution in [-0.2, 0) is 5.33 Å². The standard InChI is InChI=1S/C14H19BrN2O2/c1-16(12-5-3-2-4-6-12)13-8-7-11(10-15)9-14(13)17(18)19/h7-9,12H,2-6,10H2,1H3. The van der Waals surface area contributed by atoms with Crippen LogP contribution in [0.1, 0.15) is 37.7 Å². The molecule has 0 bridgehead atoms. The van der Waals surface area contributed by atoms with E-state index in [2.05, 4.69) is 20.8 Å². The Morgan fingerprint density at radius 3 is 2.63 bits per heavy atom. The molecule has 1 saturated carbocycles. The molecule has 0 heterocycles. The molecule has 0 N–H and O–H groups in total. The second-order valence-corrected chi connectivity index (χ2v) is 5.68. The summed E-state index contributed by atoms with van der Waals surface area (Å²) in [7, 11) is 1.98. The van der Waals surface area contributed by atoms with Crippen LogP contribution in [0.3, 0.4) is 0 Å². The number of benzene rings is 1. The van der Waals surface area contributed by atoms with Gasteiger partial charge in [0.05, 0.1) is 4.92 Å². The maximum Gasteiger partial charge on any atom is 0.292 e. The molecule has 0 atom stereocenters. The summed E-state index contributed by atoms with van der Waals surface area (Å²) >= 11 is 3.34. The first-order chi connectivity index (χ1) is 9.13. The van der Waals surface area contributed by atoms with Gasteiger partial charge in [0.2, 0.25) is 0 Å². The fourth-order valence-electron chi connectivity index (χ4n) is 2.76. The first kappa shape index (κ1) is 14.3. The lowest BCUT2D eigenvalue weighted by Gasteiger charge is -2.32. The van der Waals surface area contributed by atoms with Crippen LogP contribution in [0.25, 0.3) is 0 Å². The van der Waals surface area contributed by atoms with Crippen molar-refractivity contribution in [1.29, 1.82) is 0 Å². The third kappa shape index (κ3) is 3.26. The van der Waals surface area contributed by atoms with Crippen molar-refractivity contribution in [2.24, 2.45) is 0 Å². The van der Waals surface area contributed by atoms with E-state index in [4.69, 9.17) is 0 Å². The van der Waals surface area contributed by atoms with Crippen LogP contribution in [0.4, 0.5) is 11.4 Å². The molecule has 0 radical (unpaired) electrons. The van der Waals surface area contributed by atoms with Crippen LogP contribution in [0.5, 0.6) is 0 Å². The van der Waals surface area contributed by atoms with Crippen molar-refractivity contribution >= 4 is 27.3 Å².